The second kappa shape index (κ2) is 7.14. The zero-order valence-electron chi connectivity index (χ0n) is 9.23. The standard InChI is InChI=1S/C13H17FO2/c1-11(14)9-13(15)7-8-16-10-12-5-3-2-4-6-12/h2-6,13,15H,1,7-10H2/t13-/m0/s1. The van der Waals surface area contributed by atoms with E-state index in [9.17, 15) is 9.50 Å². The van der Waals surface area contributed by atoms with Crippen molar-refractivity contribution in [3.63, 3.8) is 0 Å². The highest BCUT2D eigenvalue weighted by Gasteiger charge is 2.05. The molecule has 1 rings (SSSR count). The maximum Gasteiger partial charge on any atom is 0.0953 e. The van der Waals surface area contributed by atoms with Crippen molar-refractivity contribution >= 4 is 0 Å². The smallest absolute Gasteiger partial charge is 0.0953 e. The predicted octanol–water partition coefficient (Wildman–Crippen LogP) is 2.83. The Morgan fingerprint density at radius 2 is 2.06 bits per heavy atom. The van der Waals surface area contributed by atoms with Crippen LogP contribution in [0.5, 0.6) is 0 Å². The number of aliphatic hydroxyl groups excluding tert-OH is 1. The third-order valence-corrected chi connectivity index (χ3v) is 2.16. The van der Waals surface area contributed by atoms with E-state index in [1.54, 1.807) is 0 Å². The van der Waals surface area contributed by atoms with E-state index < -0.39 is 11.9 Å². The average Bonchev–Trinajstić information content (AvgIpc) is 2.25. The molecule has 0 aromatic heterocycles. The van der Waals surface area contributed by atoms with Gasteiger partial charge < -0.3 is 9.84 Å². The summed E-state index contributed by atoms with van der Waals surface area (Å²) >= 11 is 0. The Labute approximate surface area is 95.4 Å². The molecule has 1 aromatic carbocycles. The first-order valence-electron chi connectivity index (χ1n) is 5.31. The molecule has 0 aliphatic rings. The summed E-state index contributed by atoms with van der Waals surface area (Å²) in [4.78, 5) is 0. The largest absolute Gasteiger partial charge is 0.393 e. The summed E-state index contributed by atoms with van der Waals surface area (Å²) in [5, 5.41) is 9.34. The van der Waals surface area contributed by atoms with Crippen LogP contribution in [-0.4, -0.2) is 17.8 Å². The fraction of sp³-hybridized carbons (Fsp3) is 0.385. The molecule has 0 aliphatic heterocycles. The molecule has 1 aromatic rings. The first kappa shape index (κ1) is 12.9. The minimum atomic E-state index is -0.701. The van der Waals surface area contributed by atoms with Crippen LogP contribution in [0.15, 0.2) is 42.7 Å². The van der Waals surface area contributed by atoms with Crippen molar-refractivity contribution in [1.29, 1.82) is 0 Å². The van der Waals surface area contributed by atoms with E-state index in [1.165, 1.54) is 0 Å². The first-order valence-corrected chi connectivity index (χ1v) is 5.31. The lowest BCUT2D eigenvalue weighted by molar-refractivity contribution is 0.0717. The highest BCUT2D eigenvalue weighted by Crippen LogP contribution is 2.08. The molecule has 0 aliphatic carbocycles. The Hall–Kier alpha value is -1.19. The quantitative estimate of drug-likeness (QED) is 0.722. The summed E-state index contributed by atoms with van der Waals surface area (Å²) in [6, 6.07) is 9.78. The third-order valence-electron chi connectivity index (χ3n) is 2.16. The molecule has 88 valence electrons. The zero-order valence-corrected chi connectivity index (χ0v) is 9.23. The summed E-state index contributed by atoms with van der Waals surface area (Å²) in [6.45, 7) is 4.04. The number of hydrogen-bond acceptors (Lipinski definition) is 2. The first-order chi connectivity index (χ1) is 7.68. The molecule has 0 fully saturated rings. The van der Waals surface area contributed by atoms with Gasteiger partial charge in [0.25, 0.3) is 0 Å². The summed E-state index contributed by atoms with van der Waals surface area (Å²) in [5.41, 5.74) is 1.09. The fourth-order valence-corrected chi connectivity index (χ4v) is 1.34. The predicted molar refractivity (Wildman–Crippen MR) is 61.6 cm³/mol. The van der Waals surface area contributed by atoms with Crippen molar-refractivity contribution in [1.82, 2.24) is 0 Å². The van der Waals surface area contributed by atoms with Crippen LogP contribution in [-0.2, 0) is 11.3 Å². The molecule has 3 heteroatoms. The Kier molecular flexibility index (Phi) is 5.75. The van der Waals surface area contributed by atoms with Gasteiger partial charge in [-0.1, -0.05) is 36.9 Å². The van der Waals surface area contributed by atoms with Gasteiger partial charge in [0.05, 0.1) is 18.5 Å². The molecule has 0 saturated heterocycles. The summed E-state index contributed by atoms with van der Waals surface area (Å²) in [5.74, 6) is -0.490. The van der Waals surface area contributed by atoms with Gasteiger partial charge in [0.1, 0.15) is 0 Å². The number of benzene rings is 1. The second-order valence-corrected chi connectivity index (χ2v) is 3.70. The molecule has 2 nitrogen and oxygen atoms in total. The van der Waals surface area contributed by atoms with Gasteiger partial charge in [-0.05, 0) is 12.0 Å². The van der Waals surface area contributed by atoms with Gasteiger partial charge in [0, 0.05) is 13.0 Å². The van der Waals surface area contributed by atoms with Crippen molar-refractivity contribution in [2.24, 2.45) is 0 Å². The van der Waals surface area contributed by atoms with E-state index in [-0.39, 0.29) is 6.42 Å². The summed E-state index contributed by atoms with van der Waals surface area (Å²) in [7, 11) is 0. The molecule has 1 atom stereocenters. The number of halogens is 1. The van der Waals surface area contributed by atoms with E-state index in [2.05, 4.69) is 6.58 Å². The van der Waals surface area contributed by atoms with Crippen molar-refractivity contribution < 1.29 is 14.2 Å². The van der Waals surface area contributed by atoms with Crippen molar-refractivity contribution in [2.45, 2.75) is 25.6 Å². The maximum atomic E-state index is 12.3. The topological polar surface area (TPSA) is 29.5 Å². The summed E-state index contributed by atoms with van der Waals surface area (Å²) in [6.07, 6.45) is -0.280. The Morgan fingerprint density at radius 3 is 2.69 bits per heavy atom. The van der Waals surface area contributed by atoms with Crippen LogP contribution in [0.3, 0.4) is 0 Å². The molecular formula is C13H17FO2. The number of rotatable bonds is 7. The van der Waals surface area contributed by atoms with Crippen LogP contribution < -0.4 is 0 Å². The monoisotopic (exact) mass is 224 g/mol. The maximum absolute atomic E-state index is 12.3. The zero-order chi connectivity index (χ0) is 11.8. The van der Waals surface area contributed by atoms with E-state index in [4.69, 9.17) is 4.74 Å². The van der Waals surface area contributed by atoms with Crippen LogP contribution in [0.2, 0.25) is 0 Å². The van der Waals surface area contributed by atoms with Gasteiger partial charge in [0.15, 0.2) is 0 Å². The minimum Gasteiger partial charge on any atom is -0.393 e. The minimum absolute atomic E-state index is 0.00526. The molecule has 0 radical (unpaired) electrons. The van der Waals surface area contributed by atoms with Gasteiger partial charge in [-0.3, -0.25) is 0 Å². The van der Waals surface area contributed by atoms with Gasteiger partial charge in [-0.15, -0.1) is 0 Å². The van der Waals surface area contributed by atoms with Crippen LogP contribution in [0.1, 0.15) is 18.4 Å². The lowest BCUT2D eigenvalue weighted by Crippen LogP contribution is -2.10. The van der Waals surface area contributed by atoms with Crippen LogP contribution in [0, 0.1) is 0 Å². The SMILES string of the molecule is C=C(F)C[C@@H](O)CCOCc1ccccc1. The normalized spacial score (nSPS) is 12.4. The van der Waals surface area contributed by atoms with Crippen LogP contribution in [0.25, 0.3) is 0 Å². The molecule has 0 heterocycles. The molecule has 0 bridgehead atoms. The van der Waals surface area contributed by atoms with Crippen molar-refractivity contribution in [3.8, 4) is 0 Å². The lowest BCUT2D eigenvalue weighted by Gasteiger charge is -2.09. The molecule has 16 heavy (non-hydrogen) atoms. The van der Waals surface area contributed by atoms with Crippen LogP contribution in [0.4, 0.5) is 4.39 Å². The Bertz CT molecular complexity index is 311. The highest BCUT2D eigenvalue weighted by atomic mass is 19.1. The van der Waals surface area contributed by atoms with Crippen LogP contribution >= 0.6 is 0 Å². The summed E-state index contributed by atoms with van der Waals surface area (Å²) < 4.78 is 17.7. The van der Waals surface area contributed by atoms with Gasteiger partial charge >= 0.3 is 0 Å². The van der Waals surface area contributed by atoms with E-state index in [1.807, 2.05) is 30.3 Å². The second-order valence-electron chi connectivity index (χ2n) is 3.70. The molecule has 0 spiro atoms. The molecule has 1 N–H and O–H groups in total. The van der Waals surface area contributed by atoms with E-state index >= 15 is 0 Å². The van der Waals surface area contributed by atoms with E-state index in [0.717, 1.165) is 5.56 Å². The molecule has 0 unspecified atom stereocenters. The molecule has 0 saturated carbocycles. The van der Waals surface area contributed by atoms with Gasteiger partial charge in [0.2, 0.25) is 0 Å². The molecule has 0 amide bonds. The van der Waals surface area contributed by atoms with Gasteiger partial charge in [-0.25, -0.2) is 4.39 Å². The Morgan fingerprint density at radius 1 is 1.38 bits per heavy atom. The third kappa shape index (κ3) is 5.63. The number of aliphatic hydroxyl groups is 1. The van der Waals surface area contributed by atoms with Gasteiger partial charge in [-0.2, -0.15) is 0 Å². The number of ether oxygens (including phenoxy) is 1. The number of hydrogen-bond donors (Lipinski definition) is 1. The fourth-order valence-electron chi connectivity index (χ4n) is 1.34. The van der Waals surface area contributed by atoms with Crippen molar-refractivity contribution in [3.05, 3.63) is 48.3 Å². The molecular weight excluding hydrogens is 207 g/mol. The lowest BCUT2D eigenvalue weighted by atomic mass is 10.2. The highest BCUT2D eigenvalue weighted by molar-refractivity contribution is 5.13. The Balaban J connectivity index is 2.10. The van der Waals surface area contributed by atoms with Crippen molar-refractivity contribution in [2.75, 3.05) is 6.61 Å². The average molecular weight is 224 g/mol. The van der Waals surface area contributed by atoms with E-state index in [0.29, 0.717) is 19.6 Å².